The number of carbonyl (C=O) groups excluding carboxylic acids is 1. The number of anilines is 2. The van der Waals surface area contributed by atoms with E-state index in [-0.39, 0.29) is 11.8 Å². The highest BCUT2D eigenvalue weighted by molar-refractivity contribution is 5.92. The largest absolute Gasteiger partial charge is 0.403 e. The number of nitrogens with one attached hydrogen (secondary N) is 2. The van der Waals surface area contributed by atoms with Gasteiger partial charge in [0.05, 0.1) is 0 Å². The average molecular weight is 414 g/mol. The normalized spacial score (nSPS) is 18.3. The minimum absolute atomic E-state index is 0.0258. The van der Waals surface area contributed by atoms with Gasteiger partial charge in [-0.3, -0.25) is 4.79 Å². The van der Waals surface area contributed by atoms with E-state index < -0.39 is 0 Å². The number of benzene rings is 1. The molecule has 3 heterocycles. The van der Waals surface area contributed by atoms with Crippen LogP contribution in [0.2, 0.25) is 0 Å². The van der Waals surface area contributed by atoms with Crippen molar-refractivity contribution < 1.29 is 13.9 Å². The number of amides is 1. The predicted molar refractivity (Wildman–Crippen MR) is 115 cm³/mol. The fraction of sp³-hybridized carbons (Fsp3) is 0.591. The summed E-state index contributed by atoms with van der Waals surface area (Å²) in [5.41, 5.74) is 1.60. The Hall–Kier alpha value is -2.45. The molecular weight excluding hydrogens is 382 g/mol. The van der Waals surface area contributed by atoms with Crippen LogP contribution in [0.5, 0.6) is 0 Å². The molecule has 1 amide bonds. The van der Waals surface area contributed by atoms with Gasteiger partial charge in [-0.25, -0.2) is 0 Å². The van der Waals surface area contributed by atoms with E-state index in [4.69, 9.17) is 9.15 Å². The van der Waals surface area contributed by atoms with Gasteiger partial charge in [0.15, 0.2) is 0 Å². The zero-order valence-electron chi connectivity index (χ0n) is 17.4. The lowest BCUT2D eigenvalue weighted by molar-refractivity contribution is -0.122. The fourth-order valence-electron chi connectivity index (χ4n) is 3.99. The number of aromatic nitrogens is 2. The summed E-state index contributed by atoms with van der Waals surface area (Å²) in [6, 6.07) is 7.94. The third-order valence-corrected chi connectivity index (χ3v) is 5.79. The van der Waals surface area contributed by atoms with Crippen LogP contribution in [0.15, 0.2) is 28.7 Å². The van der Waals surface area contributed by atoms with E-state index in [0.29, 0.717) is 25.1 Å². The van der Waals surface area contributed by atoms with Crippen LogP contribution in [0.1, 0.15) is 38.5 Å². The molecule has 4 rings (SSSR count). The van der Waals surface area contributed by atoms with Gasteiger partial charge in [-0.15, -0.1) is 5.10 Å². The quantitative estimate of drug-likeness (QED) is 0.641. The maximum Gasteiger partial charge on any atom is 0.315 e. The van der Waals surface area contributed by atoms with Crippen LogP contribution in [0.25, 0.3) is 11.5 Å². The smallest absolute Gasteiger partial charge is 0.315 e. The minimum atomic E-state index is 0.0258. The average Bonchev–Trinajstić information content (AvgIpc) is 3.27. The number of hydrogen-bond donors (Lipinski definition) is 2. The van der Waals surface area contributed by atoms with Crippen LogP contribution in [-0.2, 0) is 9.53 Å². The van der Waals surface area contributed by atoms with E-state index in [1.54, 1.807) is 0 Å². The van der Waals surface area contributed by atoms with E-state index in [9.17, 15) is 4.79 Å². The highest BCUT2D eigenvalue weighted by Crippen LogP contribution is 2.23. The molecule has 0 radical (unpaired) electrons. The van der Waals surface area contributed by atoms with Crippen molar-refractivity contribution in [1.82, 2.24) is 15.1 Å². The molecule has 0 aliphatic carbocycles. The van der Waals surface area contributed by atoms with Crippen LogP contribution in [0, 0.1) is 5.92 Å². The van der Waals surface area contributed by atoms with Crippen LogP contribution >= 0.6 is 0 Å². The van der Waals surface area contributed by atoms with E-state index in [1.165, 1.54) is 32.4 Å². The molecule has 2 aliphatic heterocycles. The molecule has 1 aromatic carbocycles. The Morgan fingerprint density at radius 1 is 1.07 bits per heavy atom. The summed E-state index contributed by atoms with van der Waals surface area (Å²) in [6.45, 7) is 5.67. The number of hydrogen-bond acceptors (Lipinski definition) is 7. The van der Waals surface area contributed by atoms with Crippen molar-refractivity contribution >= 4 is 17.6 Å². The molecule has 2 aliphatic rings. The first-order valence-electron chi connectivity index (χ1n) is 11.1. The Morgan fingerprint density at radius 3 is 2.60 bits per heavy atom. The molecule has 0 spiro atoms. The highest BCUT2D eigenvalue weighted by Gasteiger charge is 2.21. The highest BCUT2D eigenvalue weighted by atomic mass is 16.5. The summed E-state index contributed by atoms with van der Waals surface area (Å²) < 4.78 is 11.0. The topological polar surface area (TPSA) is 92.5 Å². The van der Waals surface area contributed by atoms with Gasteiger partial charge in [0, 0.05) is 36.9 Å². The van der Waals surface area contributed by atoms with Crippen molar-refractivity contribution in [2.75, 3.05) is 50.0 Å². The standard InChI is InChI=1S/C22H31N5O3/c28-20(17-9-15-29-16-10-17)24-19-7-5-18(6-8-19)21-25-26-22(30-21)23-11-4-14-27-12-2-1-3-13-27/h5-8,17H,1-4,9-16H2,(H,23,26)(H,24,28). The van der Waals surface area contributed by atoms with Gasteiger partial charge in [-0.05, 0) is 76.0 Å². The second-order valence-corrected chi connectivity index (χ2v) is 8.05. The lowest BCUT2D eigenvalue weighted by Crippen LogP contribution is -2.31. The summed E-state index contributed by atoms with van der Waals surface area (Å²) >= 11 is 0. The Bertz CT molecular complexity index is 795. The molecule has 2 N–H and O–H groups in total. The van der Waals surface area contributed by atoms with E-state index in [2.05, 4.69) is 25.7 Å². The van der Waals surface area contributed by atoms with Crippen molar-refractivity contribution in [3.63, 3.8) is 0 Å². The molecule has 8 heteroatoms. The number of ether oxygens (including phenoxy) is 1. The lowest BCUT2D eigenvalue weighted by atomic mass is 9.99. The summed E-state index contributed by atoms with van der Waals surface area (Å²) in [4.78, 5) is 14.9. The SMILES string of the molecule is O=C(Nc1ccc(-c2nnc(NCCCN3CCCCC3)o2)cc1)C1CCOCC1. The molecule has 0 saturated carbocycles. The molecule has 0 bridgehead atoms. The number of carbonyl (C=O) groups is 1. The zero-order valence-corrected chi connectivity index (χ0v) is 17.4. The summed E-state index contributed by atoms with van der Waals surface area (Å²) in [5, 5.41) is 14.4. The van der Waals surface area contributed by atoms with Crippen molar-refractivity contribution in [2.24, 2.45) is 5.92 Å². The first kappa shape index (κ1) is 20.8. The van der Waals surface area contributed by atoms with Gasteiger partial charge in [-0.2, -0.15) is 0 Å². The van der Waals surface area contributed by atoms with Gasteiger partial charge in [-0.1, -0.05) is 11.5 Å². The molecule has 0 unspecified atom stereocenters. The van der Waals surface area contributed by atoms with E-state index >= 15 is 0 Å². The molecule has 2 fully saturated rings. The van der Waals surface area contributed by atoms with Crippen LogP contribution in [-0.4, -0.2) is 60.4 Å². The van der Waals surface area contributed by atoms with Crippen molar-refractivity contribution in [2.45, 2.75) is 38.5 Å². The molecule has 162 valence electrons. The maximum atomic E-state index is 12.3. The summed E-state index contributed by atoms with van der Waals surface area (Å²) in [6.07, 6.45) is 6.61. The van der Waals surface area contributed by atoms with Gasteiger partial charge in [0.25, 0.3) is 0 Å². The molecular formula is C22H31N5O3. The van der Waals surface area contributed by atoms with Crippen LogP contribution in [0.3, 0.4) is 0 Å². The predicted octanol–water partition coefficient (Wildman–Crippen LogP) is 3.39. The van der Waals surface area contributed by atoms with Crippen molar-refractivity contribution in [3.8, 4) is 11.5 Å². The second-order valence-electron chi connectivity index (χ2n) is 8.05. The Morgan fingerprint density at radius 2 is 1.83 bits per heavy atom. The zero-order chi connectivity index (χ0) is 20.6. The minimum Gasteiger partial charge on any atom is -0.403 e. The lowest BCUT2D eigenvalue weighted by Gasteiger charge is -2.26. The third kappa shape index (κ3) is 5.79. The van der Waals surface area contributed by atoms with Crippen molar-refractivity contribution in [3.05, 3.63) is 24.3 Å². The van der Waals surface area contributed by atoms with Crippen LogP contribution in [0.4, 0.5) is 11.7 Å². The van der Waals surface area contributed by atoms with E-state index in [1.807, 2.05) is 24.3 Å². The van der Waals surface area contributed by atoms with Crippen molar-refractivity contribution in [1.29, 1.82) is 0 Å². The third-order valence-electron chi connectivity index (χ3n) is 5.79. The molecule has 2 aromatic rings. The summed E-state index contributed by atoms with van der Waals surface area (Å²) in [5.74, 6) is 0.550. The first-order chi connectivity index (χ1) is 14.8. The van der Waals surface area contributed by atoms with Gasteiger partial charge < -0.3 is 24.7 Å². The molecule has 1 aromatic heterocycles. The monoisotopic (exact) mass is 413 g/mol. The molecule has 30 heavy (non-hydrogen) atoms. The van der Waals surface area contributed by atoms with Gasteiger partial charge >= 0.3 is 6.01 Å². The van der Waals surface area contributed by atoms with Gasteiger partial charge in [0.2, 0.25) is 11.8 Å². The summed E-state index contributed by atoms with van der Waals surface area (Å²) in [7, 11) is 0. The Labute approximate surface area is 177 Å². The maximum absolute atomic E-state index is 12.3. The number of piperidine rings is 1. The van der Waals surface area contributed by atoms with Gasteiger partial charge in [0.1, 0.15) is 0 Å². The number of rotatable bonds is 8. The van der Waals surface area contributed by atoms with Crippen LogP contribution < -0.4 is 10.6 Å². The fourth-order valence-corrected chi connectivity index (χ4v) is 3.99. The number of likely N-dealkylation sites (tertiary alicyclic amines) is 1. The number of nitrogens with zero attached hydrogens (tertiary/aromatic N) is 3. The molecule has 8 nitrogen and oxygen atoms in total. The first-order valence-corrected chi connectivity index (χ1v) is 11.1. The Balaban J connectivity index is 1.23. The van der Waals surface area contributed by atoms with E-state index in [0.717, 1.165) is 43.6 Å². The molecule has 2 saturated heterocycles. The molecule has 0 atom stereocenters. The second kappa shape index (κ2) is 10.5. The Kier molecular flexibility index (Phi) is 7.31.